The molecule has 0 spiro atoms. The van der Waals surface area contributed by atoms with Crippen molar-refractivity contribution < 1.29 is 13.2 Å². The van der Waals surface area contributed by atoms with Crippen molar-refractivity contribution in [1.82, 2.24) is 4.72 Å². The molecule has 0 aromatic heterocycles. The number of hydrogen-bond donors (Lipinski definition) is 1. The average molecular weight is 355 g/mol. The second-order valence-electron chi connectivity index (χ2n) is 5.86. The van der Waals surface area contributed by atoms with Gasteiger partial charge in [0.2, 0.25) is 10.0 Å². The van der Waals surface area contributed by atoms with Gasteiger partial charge in [-0.05, 0) is 53.4 Å². The first-order chi connectivity index (χ1) is 12.1. The minimum Gasteiger partial charge on any atom is -0.497 e. The summed E-state index contributed by atoms with van der Waals surface area (Å²) in [7, 11) is -1.85. The van der Waals surface area contributed by atoms with E-state index < -0.39 is 10.0 Å². The van der Waals surface area contributed by atoms with Crippen molar-refractivity contribution in [2.75, 3.05) is 13.7 Å². The summed E-state index contributed by atoms with van der Waals surface area (Å²) in [6.45, 7) is 0.404. The van der Waals surface area contributed by atoms with Crippen molar-refractivity contribution in [2.45, 2.75) is 17.7 Å². The first kappa shape index (κ1) is 17.5. The summed E-state index contributed by atoms with van der Waals surface area (Å²) in [6, 6.07) is 20.7. The number of rotatable bonds is 7. The summed E-state index contributed by atoms with van der Waals surface area (Å²) >= 11 is 0. The minimum absolute atomic E-state index is 0.302. The van der Waals surface area contributed by atoms with Gasteiger partial charge in [0.25, 0.3) is 0 Å². The van der Waals surface area contributed by atoms with Gasteiger partial charge in [0, 0.05) is 6.54 Å². The molecule has 25 heavy (non-hydrogen) atoms. The Labute approximate surface area is 148 Å². The van der Waals surface area contributed by atoms with Crippen molar-refractivity contribution in [3.05, 3.63) is 72.3 Å². The molecule has 3 rings (SSSR count). The van der Waals surface area contributed by atoms with Crippen LogP contribution in [0.2, 0.25) is 0 Å². The Morgan fingerprint density at radius 3 is 2.36 bits per heavy atom. The molecular weight excluding hydrogens is 334 g/mol. The van der Waals surface area contributed by atoms with Gasteiger partial charge < -0.3 is 4.74 Å². The Kier molecular flexibility index (Phi) is 5.36. The fourth-order valence-electron chi connectivity index (χ4n) is 2.71. The highest BCUT2D eigenvalue weighted by Crippen LogP contribution is 2.19. The van der Waals surface area contributed by atoms with Gasteiger partial charge in [-0.3, -0.25) is 0 Å². The van der Waals surface area contributed by atoms with Crippen LogP contribution in [-0.2, 0) is 16.4 Å². The first-order valence-corrected chi connectivity index (χ1v) is 9.68. The Morgan fingerprint density at radius 1 is 0.920 bits per heavy atom. The number of aryl methyl sites for hydroxylation is 1. The lowest BCUT2D eigenvalue weighted by Crippen LogP contribution is -2.25. The summed E-state index contributed by atoms with van der Waals surface area (Å²) in [6.07, 6.45) is 1.55. The molecule has 0 unspecified atom stereocenters. The molecule has 5 heteroatoms. The molecule has 0 atom stereocenters. The van der Waals surface area contributed by atoms with Crippen molar-refractivity contribution in [3.63, 3.8) is 0 Å². The van der Waals surface area contributed by atoms with Gasteiger partial charge in [0.15, 0.2) is 0 Å². The van der Waals surface area contributed by atoms with E-state index in [9.17, 15) is 8.42 Å². The lowest BCUT2D eigenvalue weighted by molar-refractivity contribution is 0.414. The Morgan fingerprint density at radius 2 is 1.64 bits per heavy atom. The van der Waals surface area contributed by atoms with Crippen LogP contribution in [0.15, 0.2) is 71.6 Å². The smallest absolute Gasteiger partial charge is 0.240 e. The third-order valence-electron chi connectivity index (χ3n) is 4.12. The molecule has 0 amide bonds. The van der Waals surface area contributed by atoms with Crippen LogP contribution in [0.4, 0.5) is 0 Å². The fraction of sp³-hybridized carbons (Fsp3) is 0.200. The van der Waals surface area contributed by atoms with E-state index in [4.69, 9.17) is 4.74 Å². The molecule has 0 aliphatic rings. The molecule has 0 aliphatic carbocycles. The summed E-state index contributed by atoms with van der Waals surface area (Å²) < 4.78 is 32.7. The van der Waals surface area contributed by atoms with E-state index in [0.717, 1.165) is 34.9 Å². The molecule has 0 saturated carbocycles. The van der Waals surface area contributed by atoms with E-state index in [1.54, 1.807) is 19.2 Å². The lowest BCUT2D eigenvalue weighted by atomic mass is 10.1. The highest BCUT2D eigenvalue weighted by molar-refractivity contribution is 7.89. The molecule has 130 valence electrons. The zero-order valence-corrected chi connectivity index (χ0v) is 14.9. The summed E-state index contributed by atoms with van der Waals surface area (Å²) in [5.74, 6) is 0.820. The van der Waals surface area contributed by atoms with E-state index in [2.05, 4.69) is 4.72 Å². The second-order valence-corrected chi connectivity index (χ2v) is 7.63. The largest absolute Gasteiger partial charge is 0.497 e. The summed E-state index contributed by atoms with van der Waals surface area (Å²) in [5, 5.41) is 1.95. The molecule has 0 aliphatic heterocycles. The van der Waals surface area contributed by atoms with Crippen LogP contribution in [0.3, 0.4) is 0 Å². The Hall–Kier alpha value is -2.37. The predicted octanol–water partition coefficient (Wildman–Crippen LogP) is 3.76. The average Bonchev–Trinajstić information content (AvgIpc) is 2.65. The molecule has 1 N–H and O–H groups in total. The predicted molar refractivity (Wildman–Crippen MR) is 100 cm³/mol. The topological polar surface area (TPSA) is 55.4 Å². The SMILES string of the molecule is COc1ccc(CCCNS(=O)(=O)c2ccc3ccccc3c2)cc1. The third-order valence-corrected chi connectivity index (χ3v) is 5.58. The number of fused-ring (bicyclic) bond motifs is 1. The zero-order valence-electron chi connectivity index (χ0n) is 14.1. The maximum atomic E-state index is 12.4. The van der Waals surface area contributed by atoms with Gasteiger partial charge in [-0.1, -0.05) is 42.5 Å². The van der Waals surface area contributed by atoms with Crippen LogP contribution in [0.1, 0.15) is 12.0 Å². The third kappa shape index (κ3) is 4.38. The van der Waals surface area contributed by atoms with E-state index in [1.807, 2.05) is 54.6 Å². The lowest BCUT2D eigenvalue weighted by Gasteiger charge is -2.08. The van der Waals surface area contributed by atoms with Gasteiger partial charge >= 0.3 is 0 Å². The normalized spacial score (nSPS) is 11.6. The number of sulfonamides is 1. The van der Waals surface area contributed by atoms with E-state index in [-0.39, 0.29) is 0 Å². The fourth-order valence-corrected chi connectivity index (χ4v) is 3.82. The quantitative estimate of drug-likeness (QED) is 0.657. The number of hydrogen-bond acceptors (Lipinski definition) is 3. The molecule has 3 aromatic carbocycles. The van der Waals surface area contributed by atoms with E-state index in [1.165, 1.54) is 0 Å². The van der Waals surface area contributed by atoms with Gasteiger partial charge in [-0.25, -0.2) is 13.1 Å². The van der Waals surface area contributed by atoms with Crippen molar-refractivity contribution in [3.8, 4) is 5.75 Å². The number of benzene rings is 3. The molecule has 3 aromatic rings. The molecule has 0 bridgehead atoms. The molecule has 0 heterocycles. The van der Waals surface area contributed by atoms with Gasteiger partial charge in [-0.15, -0.1) is 0 Å². The first-order valence-electron chi connectivity index (χ1n) is 8.20. The van der Waals surface area contributed by atoms with Crippen molar-refractivity contribution in [1.29, 1.82) is 0 Å². The second kappa shape index (κ2) is 7.68. The molecule has 0 saturated heterocycles. The Balaban J connectivity index is 1.58. The number of nitrogens with one attached hydrogen (secondary N) is 1. The molecule has 4 nitrogen and oxygen atoms in total. The van der Waals surface area contributed by atoms with Crippen molar-refractivity contribution in [2.24, 2.45) is 0 Å². The van der Waals surface area contributed by atoms with Crippen molar-refractivity contribution >= 4 is 20.8 Å². The van der Waals surface area contributed by atoms with Crippen LogP contribution in [0.25, 0.3) is 10.8 Å². The maximum Gasteiger partial charge on any atom is 0.240 e. The minimum atomic E-state index is -3.49. The van der Waals surface area contributed by atoms with E-state index in [0.29, 0.717) is 11.4 Å². The molecule has 0 radical (unpaired) electrons. The molecular formula is C20H21NO3S. The van der Waals surface area contributed by atoms with E-state index >= 15 is 0 Å². The monoisotopic (exact) mass is 355 g/mol. The van der Waals surface area contributed by atoms with Crippen LogP contribution in [0.5, 0.6) is 5.75 Å². The van der Waals surface area contributed by atoms with Gasteiger partial charge in [0.1, 0.15) is 5.75 Å². The highest BCUT2D eigenvalue weighted by Gasteiger charge is 2.13. The van der Waals surface area contributed by atoms with Gasteiger partial charge in [0.05, 0.1) is 12.0 Å². The van der Waals surface area contributed by atoms with Crippen LogP contribution >= 0.6 is 0 Å². The zero-order chi connectivity index (χ0) is 17.7. The van der Waals surface area contributed by atoms with Crippen LogP contribution < -0.4 is 9.46 Å². The number of methoxy groups -OCH3 is 1. The van der Waals surface area contributed by atoms with Crippen LogP contribution in [0, 0.1) is 0 Å². The standard InChI is InChI=1S/C20H21NO3S/c1-24-19-11-8-16(9-12-19)5-4-14-21-25(22,23)20-13-10-17-6-2-3-7-18(17)15-20/h2-3,6-13,15,21H,4-5,14H2,1H3. The summed E-state index contributed by atoms with van der Waals surface area (Å²) in [4.78, 5) is 0.302. The Bertz CT molecular complexity index is 950. The van der Waals surface area contributed by atoms with Crippen LogP contribution in [-0.4, -0.2) is 22.1 Å². The highest BCUT2D eigenvalue weighted by atomic mass is 32.2. The van der Waals surface area contributed by atoms with Gasteiger partial charge in [-0.2, -0.15) is 0 Å². The summed E-state index contributed by atoms with van der Waals surface area (Å²) in [5.41, 5.74) is 1.16. The molecule has 0 fully saturated rings. The maximum absolute atomic E-state index is 12.4. The number of ether oxygens (including phenoxy) is 1.